The molecule has 3 aliphatic rings. The number of carbonyl (C=O) groups is 3. The van der Waals surface area contributed by atoms with Gasteiger partial charge in [-0.1, -0.05) is 49.7 Å². The smallest absolute Gasteiger partial charge is 0.327 e. The van der Waals surface area contributed by atoms with Gasteiger partial charge in [0, 0.05) is 30.3 Å². The first kappa shape index (κ1) is 27.1. The third-order valence-corrected chi connectivity index (χ3v) is 9.20. The summed E-state index contributed by atoms with van der Waals surface area (Å²) in [5.41, 5.74) is 3.16. The number of aryl methyl sites for hydroxylation is 1. The van der Waals surface area contributed by atoms with Crippen molar-refractivity contribution in [1.29, 1.82) is 0 Å². The summed E-state index contributed by atoms with van der Waals surface area (Å²) in [6.07, 6.45) is 5.75. The number of carbonyl (C=O) groups excluding carboxylic acids is 3. The summed E-state index contributed by atoms with van der Waals surface area (Å²) in [7, 11) is 0. The number of anilines is 2. The van der Waals surface area contributed by atoms with Crippen LogP contribution in [0.15, 0.2) is 65.8 Å². The number of amides is 4. The van der Waals surface area contributed by atoms with Gasteiger partial charge in [-0.05, 0) is 61.7 Å². The third-order valence-electron chi connectivity index (χ3n) is 7.91. The molecule has 1 fully saturated rings. The molecule has 2 aromatic carbocycles. The number of hydrogen-bond acceptors (Lipinski definition) is 6. The Kier molecular flexibility index (Phi) is 7.57. The Morgan fingerprint density at radius 1 is 1.02 bits per heavy atom. The van der Waals surface area contributed by atoms with Gasteiger partial charge in [0.15, 0.2) is 0 Å². The van der Waals surface area contributed by atoms with Crippen LogP contribution in [0.5, 0.6) is 11.5 Å². The average Bonchev–Trinajstić information content (AvgIpc) is 3.35. The largest absolute Gasteiger partial charge is 0.457 e. The van der Waals surface area contributed by atoms with Crippen LogP contribution in [0.25, 0.3) is 0 Å². The van der Waals surface area contributed by atoms with Gasteiger partial charge in [0.2, 0.25) is 11.8 Å². The van der Waals surface area contributed by atoms with E-state index in [9.17, 15) is 14.4 Å². The van der Waals surface area contributed by atoms with Crippen LogP contribution in [0.1, 0.15) is 56.2 Å². The maximum Gasteiger partial charge on any atom is 0.327 e. The zero-order chi connectivity index (χ0) is 28.5. The molecule has 3 heterocycles. The molecule has 0 radical (unpaired) electrons. The van der Waals surface area contributed by atoms with Gasteiger partial charge in [-0.2, -0.15) is 0 Å². The molecule has 3 N–H and O–H groups in total. The van der Waals surface area contributed by atoms with E-state index in [1.54, 1.807) is 11.1 Å². The first-order chi connectivity index (χ1) is 19.9. The lowest BCUT2D eigenvalue weighted by molar-refractivity contribution is -0.124. The standard InChI is InChI=1S/C31H33N5O4S/c1-3-25(37)33-21-11-7-8-12-22(21)34-29(38)28-27-26-24(15-16-32-30(26)41-28)36(31(39)35-27)23-14-13-20(17-18(23)2)40-19-9-5-4-6-10-19/h4-6,9-10,13-17,21-22,27-28H,3,7-8,11-12H2,1-2H3,(H,33,37)(H,34,38)(H,35,39)/t21-,22+,27?,28?/m0/s1. The van der Waals surface area contributed by atoms with Gasteiger partial charge in [-0.3, -0.25) is 14.5 Å². The van der Waals surface area contributed by atoms with Gasteiger partial charge in [-0.15, -0.1) is 0 Å². The third kappa shape index (κ3) is 5.36. The summed E-state index contributed by atoms with van der Waals surface area (Å²) in [6, 6.07) is 16.0. The fourth-order valence-corrected chi connectivity index (χ4v) is 7.12. The molecule has 0 saturated heterocycles. The highest BCUT2D eigenvalue weighted by Gasteiger charge is 2.47. The fraction of sp³-hybridized carbons (Fsp3) is 0.355. The van der Waals surface area contributed by atoms with Crippen LogP contribution in [0.2, 0.25) is 0 Å². The van der Waals surface area contributed by atoms with Crippen molar-refractivity contribution in [2.75, 3.05) is 4.90 Å². The van der Waals surface area contributed by atoms with E-state index < -0.39 is 11.3 Å². The number of nitrogens with one attached hydrogen (secondary N) is 3. The zero-order valence-corrected chi connectivity index (χ0v) is 23.9. The highest BCUT2D eigenvalue weighted by Crippen LogP contribution is 2.51. The quantitative estimate of drug-likeness (QED) is 0.345. The van der Waals surface area contributed by atoms with Crippen LogP contribution in [0, 0.1) is 6.92 Å². The molecule has 3 aromatic rings. The predicted molar refractivity (Wildman–Crippen MR) is 158 cm³/mol. The van der Waals surface area contributed by atoms with E-state index in [0.29, 0.717) is 12.2 Å². The number of pyridine rings is 1. The van der Waals surface area contributed by atoms with Gasteiger partial charge in [-0.25, -0.2) is 9.78 Å². The van der Waals surface area contributed by atoms with E-state index in [4.69, 9.17) is 4.74 Å². The SMILES string of the molecule is CCC(=O)N[C@H]1CCCC[C@H]1NC(=O)C1Sc2nccc3c2C1NC(=O)N3c1ccc(Oc2ccccc2)cc1C. The molecule has 2 aliphatic heterocycles. The summed E-state index contributed by atoms with van der Waals surface area (Å²) in [6.45, 7) is 3.77. The number of benzene rings is 2. The Morgan fingerprint density at radius 3 is 2.51 bits per heavy atom. The molecule has 1 aromatic heterocycles. The van der Waals surface area contributed by atoms with Gasteiger partial charge < -0.3 is 20.7 Å². The highest BCUT2D eigenvalue weighted by molar-refractivity contribution is 8.01. The number of nitrogens with zero attached hydrogens (tertiary/aromatic N) is 2. The Hall–Kier alpha value is -4.05. The fourth-order valence-electron chi connectivity index (χ4n) is 5.88. The van der Waals surface area contributed by atoms with Gasteiger partial charge >= 0.3 is 6.03 Å². The van der Waals surface area contributed by atoms with Crippen molar-refractivity contribution in [3.8, 4) is 11.5 Å². The van der Waals surface area contributed by atoms with Crippen molar-refractivity contribution >= 4 is 41.0 Å². The molecule has 0 bridgehead atoms. The van der Waals surface area contributed by atoms with E-state index >= 15 is 0 Å². The molecule has 2 unspecified atom stereocenters. The molecule has 0 spiro atoms. The lowest BCUT2D eigenvalue weighted by Gasteiger charge is -2.36. The van der Waals surface area contributed by atoms with E-state index in [0.717, 1.165) is 59.0 Å². The van der Waals surface area contributed by atoms with Crippen molar-refractivity contribution in [2.45, 2.75) is 74.4 Å². The second-order valence-electron chi connectivity index (χ2n) is 10.6. The number of thioether (sulfide) groups is 1. The Balaban J connectivity index is 1.23. The molecular formula is C31H33N5O4S. The van der Waals surface area contributed by atoms with Crippen molar-refractivity contribution < 1.29 is 19.1 Å². The normalized spacial score (nSPS) is 22.9. The monoisotopic (exact) mass is 571 g/mol. The Morgan fingerprint density at radius 2 is 1.78 bits per heavy atom. The van der Waals surface area contributed by atoms with Gasteiger partial charge in [0.25, 0.3) is 0 Å². The summed E-state index contributed by atoms with van der Waals surface area (Å²) in [4.78, 5) is 45.5. The predicted octanol–water partition coefficient (Wildman–Crippen LogP) is 5.51. The number of rotatable bonds is 7. The summed E-state index contributed by atoms with van der Waals surface area (Å²) in [5.74, 6) is 1.25. The Bertz CT molecular complexity index is 1480. The molecule has 1 saturated carbocycles. The first-order valence-electron chi connectivity index (χ1n) is 14.1. The van der Waals surface area contributed by atoms with Gasteiger partial charge in [0.1, 0.15) is 21.8 Å². The number of urea groups is 1. The minimum atomic E-state index is -0.558. The van der Waals surface area contributed by atoms with E-state index in [-0.39, 0.29) is 29.9 Å². The molecule has 9 nitrogen and oxygen atoms in total. The van der Waals surface area contributed by atoms with Crippen molar-refractivity contribution in [1.82, 2.24) is 20.9 Å². The number of ether oxygens (including phenoxy) is 1. The molecule has 10 heteroatoms. The molecule has 6 rings (SSSR count). The Labute approximate surface area is 243 Å². The van der Waals surface area contributed by atoms with Crippen LogP contribution in [0.3, 0.4) is 0 Å². The summed E-state index contributed by atoms with van der Waals surface area (Å²) < 4.78 is 5.98. The topological polar surface area (TPSA) is 113 Å². The number of para-hydroxylation sites is 1. The maximum atomic E-state index is 13.6. The molecular weight excluding hydrogens is 538 g/mol. The maximum absolute atomic E-state index is 13.6. The zero-order valence-electron chi connectivity index (χ0n) is 23.1. The second-order valence-corrected chi connectivity index (χ2v) is 11.8. The minimum Gasteiger partial charge on any atom is -0.457 e. The summed E-state index contributed by atoms with van der Waals surface area (Å²) >= 11 is 1.37. The molecule has 212 valence electrons. The molecule has 1 aliphatic carbocycles. The van der Waals surface area contributed by atoms with E-state index in [1.807, 2.05) is 68.4 Å². The van der Waals surface area contributed by atoms with Crippen LogP contribution in [0.4, 0.5) is 16.2 Å². The lowest BCUT2D eigenvalue weighted by Crippen LogP contribution is -2.56. The van der Waals surface area contributed by atoms with Crippen LogP contribution in [-0.2, 0) is 9.59 Å². The minimum absolute atomic E-state index is 0.0118. The molecule has 4 amide bonds. The van der Waals surface area contributed by atoms with Crippen LogP contribution in [-0.4, -0.2) is 40.2 Å². The van der Waals surface area contributed by atoms with E-state index in [1.165, 1.54) is 11.8 Å². The van der Waals surface area contributed by atoms with Crippen molar-refractivity contribution in [3.63, 3.8) is 0 Å². The first-order valence-corrected chi connectivity index (χ1v) is 15.0. The summed E-state index contributed by atoms with van der Waals surface area (Å²) in [5, 5.41) is 9.53. The van der Waals surface area contributed by atoms with Crippen LogP contribution >= 0.6 is 11.8 Å². The van der Waals surface area contributed by atoms with Crippen molar-refractivity contribution in [2.24, 2.45) is 0 Å². The lowest BCUT2D eigenvalue weighted by atomic mass is 9.89. The van der Waals surface area contributed by atoms with Crippen molar-refractivity contribution in [3.05, 3.63) is 71.9 Å². The second kappa shape index (κ2) is 11.4. The number of aromatic nitrogens is 1. The number of hydrogen-bond donors (Lipinski definition) is 3. The van der Waals surface area contributed by atoms with Crippen LogP contribution < -0.4 is 25.6 Å². The highest BCUT2D eigenvalue weighted by atomic mass is 32.2. The van der Waals surface area contributed by atoms with E-state index in [2.05, 4.69) is 20.9 Å². The van der Waals surface area contributed by atoms with Gasteiger partial charge in [0.05, 0.1) is 17.4 Å². The molecule has 41 heavy (non-hydrogen) atoms. The average molecular weight is 572 g/mol. The molecule has 4 atom stereocenters.